The van der Waals surface area contributed by atoms with Crippen molar-refractivity contribution >= 4 is 0 Å². The fourth-order valence-corrected chi connectivity index (χ4v) is 1.53. The van der Waals surface area contributed by atoms with Gasteiger partial charge in [-0.25, -0.2) is 0 Å². The normalized spacial score (nSPS) is 12.6. The maximum absolute atomic E-state index is 8.53. The van der Waals surface area contributed by atoms with Crippen LogP contribution in [-0.2, 0) is 9.47 Å². The number of rotatable bonds is 8. The fourth-order valence-electron chi connectivity index (χ4n) is 1.53. The van der Waals surface area contributed by atoms with Crippen molar-refractivity contribution in [3.05, 3.63) is 35.9 Å². The maximum Gasteiger partial charge on any atom is 0.0823 e. The zero-order valence-corrected chi connectivity index (χ0v) is 9.76. The summed E-state index contributed by atoms with van der Waals surface area (Å²) in [6, 6.07) is 10.2. The van der Waals surface area contributed by atoms with Crippen LogP contribution in [0.5, 0.6) is 0 Å². The highest BCUT2D eigenvalue weighted by Gasteiger charge is 2.08. The highest BCUT2D eigenvalue weighted by atomic mass is 16.5. The number of hydrogen-bond acceptors (Lipinski definition) is 3. The highest BCUT2D eigenvalue weighted by Crippen LogP contribution is 2.19. The SMILES string of the molecule is CCC(OCCOCCO)c1ccccc1. The highest BCUT2D eigenvalue weighted by molar-refractivity contribution is 5.17. The summed E-state index contributed by atoms with van der Waals surface area (Å²) in [5, 5.41) is 8.53. The molecule has 0 aliphatic carbocycles. The summed E-state index contributed by atoms with van der Waals surface area (Å²) in [5.41, 5.74) is 1.20. The van der Waals surface area contributed by atoms with Gasteiger partial charge in [0.1, 0.15) is 0 Å². The van der Waals surface area contributed by atoms with E-state index in [0.717, 1.165) is 6.42 Å². The second-order valence-corrected chi connectivity index (χ2v) is 3.51. The molecule has 1 unspecified atom stereocenters. The number of aliphatic hydroxyl groups excluding tert-OH is 1. The summed E-state index contributed by atoms with van der Waals surface area (Å²) >= 11 is 0. The van der Waals surface area contributed by atoms with Crippen LogP contribution < -0.4 is 0 Å². The molecule has 0 fully saturated rings. The summed E-state index contributed by atoms with van der Waals surface area (Å²) in [6.07, 6.45) is 1.09. The molecule has 0 amide bonds. The lowest BCUT2D eigenvalue weighted by molar-refractivity contribution is -0.00471. The van der Waals surface area contributed by atoms with E-state index in [1.54, 1.807) is 0 Å². The molecular formula is C13H20O3. The van der Waals surface area contributed by atoms with E-state index in [9.17, 15) is 0 Å². The molecule has 1 aromatic carbocycles. The van der Waals surface area contributed by atoms with Crippen molar-refractivity contribution in [2.24, 2.45) is 0 Å². The minimum Gasteiger partial charge on any atom is -0.394 e. The van der Waals surface area contributed by atoms with E-state index >= 15 is 0 Å². The largest absolute Gasteiger partial charge is 0.394 e. The molecule has 3 nitrogen and oxygen atoms in total. The zero-order chi connectivity index (χ0) is 11.6. The Balaban J connectivity index is 2.27. The average Bonchev–Trinajstić information content (AvgIpc) is 2.35. The van der Waals surface area contributed by atoms with Crippen LogP contribution in [0.25, 0.3) is 0 Å². The van der Waals surface area contributed by atoms with E-state index < -0.39 is 0 Å². The second kappa shape index (κ2) is 8.28. The van der Waals surface area contributed by atoms with Crippen LogP contribution in [-0.4, -0.2) is 31.5 Å². The van der Waals surface area contributed by atoms with Crippen LogP contribution in [0.4, 0.5) is 0 Å². The van der Waals surface area contributed by atoms with E-state index in [4.69, 9.17) is 14.6 Å². The van der Waals surface area contributed by atoms with Crippen molar-refractivity contribution < 1.29 is 14.6 Å². The third kappa shape index (κ3) is 4.75. The average molecular weight is 224 g/mol. The van der Waals surface area contributed by atoms with Crippen LogP contribution in [0.1, 0.15) is 25.0 Å². The quantitative estimate of drug-likeness (QED) is 0.688. The first-order chi connectivity index (χ1) is 7.88. The van der Waals surface area contributed by atoms with Gasteiger partial charge in [-0.15, -0.1) is 0 Å². The Morgan fingerprint density at radius 3 is 2.50 bits per heavy atom. The van der Waals surface area contributed by atoms with E-state index in [1.165, 1.54) is 5.56 Å². The van der Waals surface area contributed by atoms with Gasteiger partial charge < -0.3 is 14.6 Å². The van der Waals surface area contributed by atoms with Gasteiger partial charge in [0.05, 0.1) is 32.5 Å². The number of ether oxygens (including phenoxy) is 2. The van der Waals surface area contributed by atoms with Crippen LogP contribution in [0.3, 0.4) is 0 Å². The van der Waals surface area contributed by atoms with Gasteiger partial charge in [0.2, 0.25) is 0 Å². The van der Waals surface area contributed by atoms with Gasteiger partial charge in [-0.05, 0) is 12.0 Å². The zero-order valence-electron chi connectivity index (χ0n) is 9.76. The van der Waals surface area contributed by atoms with Crippen LogP contribution in [0.15, 0.2) is 30.3 Å². The van der Waals surface area contributed by atoms with Gasteiger partial charge in [0.25, 0.3) is 0 Å². The number of aliphatic hydroxyl groups is 1. The number of benzene rings is 1. The molecule has 16 heavy (non-hydrogen) atoms. The molecule has 0 saturated carbocycles. The molecule has 0 aromatic heterocycles. The smallest absolute Gasteiger partial charge is 0.0823 e. The Bertz CT molecular complexity index is 261. The molecule has 1 aromatic rings. The van der Waals surface area contributed by atoms with Gasteiger partial charge in [-0.1, -0.05) is 37.3 Å². The first-order valence-corrected chi connectivity index (χ1v) is 5.73. The van der Waals surface area contributed by atoms with Gasteiger partial charge in [-0.2, -0.15) is 0 Å². The molecule has 0 radical (unpaired) electrons. The van der Waals surface area contributed by atoms with E-state index in [2.05, 4.69) is 19.1 Å². The molecule has 0 spiro atoms. The summed E-state index contributed by atoms with van der Waals surface area (Å²) in [5.74, 6) is 0. The minimum absolute atomic E-state index is 0.0654. The molecule has 0 aliphatic heterocycles. The Kier molecular flexibility index (Phi) is 6.81. The number of hydrogen-bond donors (Lipinski definition) is 1. The van der Waals surface area contributed by atoms with Crippen molar-refractivity contribution in [2.75, 3.05) is 26.4 Å². The van der Waals surface area contributed by atoms with E-state index in [-0.39, 0.29) is 12.7 Å². The third-order valence-corrected chi connectivity index (χ3v) is 2.32. The van der Waals surface area contributed by atoms with Crippen molar-refractivity contribution in [2.45, 2.75) is 19.4 Å². The van der Waals surface area contributed by atoms with Crippen LogP contribution in [0.2, 0.25) is 0 Å². The Labute approximate surface area is 97.0 Å². The molecule has 90 valence electrons. The lowest BCUT2D eigenvalue weighted by Gasteiger charge is -2.16. The maximum atomic E-state index is 8.53. The Morgan fingerprint density at radius 1 is 1.12 bits per heavy atom. The van der Waals surface area contributed by atoms with E-state index in [1.807, 2.05) is 18.2 Å². The predicted molar refractivity (Wildman–Crippen MR) is 63.3 cm³/mol. The molecule has 0 heterocycles. The molecular weight excluding hydrogens is 204 g/mol. The molecule has 0 bridgehead atoms. The lowest BCUT2D eigenvalue weighted by Crippen LogP contribution is -2.10. The fraction of sp³-hybridized carbons (Fsp3) is 0.538. The van der Waals surface area contributed by atoms with Crippen molar-refractivity contribution in [1.29, 1.82) is 0 Å². The van der Waals surface area contributed by atoms with Gasteiger partial charge in [0, 0.05) is 0 Å². The van der Waals surface area contributed by atoms with Crippen molar-refractivity contribution in [3.8, 4) is 0 Å². The first-order valence-electron chi connectivity index (χ1n) is 5.73. The molecule has 0 aliphatic rings. The van der Waals surface area contributed by atoms with E-state index in [0.29, 0.717) is 19.8 Å². The van der Waals surface area contributed by atoms with Gasteiger partial charge in [0.15, 0.2) is 0 Å². The Hall–Kier alpha value is -0.900. The first kappa shape index (κ1) is 13.2. The Morgan fingerprint density at radius 2 is 1.88 bits per heavy atom. The second-order valence-electron chi connectivity index (χ2n) is 3.51. The monoisotopic (exact) mass is 224 g/mol. The molecule has 1 atom stereocenters. The summed E-state index contributed by atoms with van der Waals surface area (Å²) in [7, 11) is 0. The summed E-state index contributed by atoms with van der Waals surface area (Å²) < 4.78 is 10.9. The van der Waals surface area contributed by atoms with Gasteiger partial charge in [-0.3, -0.25) is 0 Å². The molecule has 0 saturated heterocycles. The molecule has 1 N–H and O–H groups in total. The van der Waals surface area contributed by atoms with Crippen LogP contribution in [0, 0.1) is 0 Å². The molecule has 1 rings (SSSR count). The van der Waals surface area contributed by atoms with Crippen molar-refractivity contribution in [3.63, 3.8) is 0 Å². The standard InChI is InChI=1S/C13H20O3/c1-2-13(12-6-4-3-5-7-12)16-11-10-15-9-8-14/h3-7,13-14H,2,8-11H2,1H3. The van der Waals surface area contributed by atoms with Gasteiger partial charge >= 0.3 is 0 Å². The summed E-state index contributed by atoms with van der Waals surface area (Å²) in [6.45, 7) is 3.64. The predicted octanol–water partition coefficient (Wildman–Crippen LogP) is 2.16. The third-order valence-electron chi connectivity index (χ3n) is 2.32. The topological polar surface area (TPSA) is 38.7 Å². The van der Waals surface area contributed by atoms with Crippen molar-refractivity contribution in [1.82, 2.24) is 0 Å². The molecule has 3 heteroatoms. The van der Waals surface area contributed by atoms with Crippen LogP contribution >= 0.6 is 0 Å². The summed E-state index contributed by atoms with van der Waals surface area (Å²) in [4.78, 5) is 0. The minimum atomic E-state index is 0.0654. The lowest BCUT2D eigenvalue weighted by atomic mass is 10.1.